The molecule has 2 saturated heterocycles. The van der Waals surface area contributed by atoms with E-state index in [2.05, 4.69) is 43.2 Å². The summed E-state index contributed by atoms with van der Waals surface area (Å²) in [6.45, 7) is 8.90. The summed E-state index contributed by atoms with van der Waals surface area (Å²) in [5.74, 6) is 1.42. The summed E-state index contributed by atoms with van der Waals surface area (Å²) in [5, 5.41) is 11.3. The van der Waals surface area contributed by atoms with Gasteiger partial charge in [-0.2, -0.15) is 5.26 Å². The van der Waals surface area contributed by atoms with Crippen LogP contribution in [0.25, 0.3) is 0 Å². The predicted molar refractivity (Wildman–Crippen MR) is 160 cm³/mol. The van der Waals surface area contributed by atoms with Crippen LogP contribution < -0.4 is 15.9 Å². The summed E-state index contributed by atoms with van der Waals surface area (Å²) in [4.78, 5) is 29.7. The number of hydrogen-bond acceptors (Lipinski definition) is 8. The average Bonchev–Trinajstić information content (AvgIpc) is 2.99. The number of rotatable bonds is 8. The zero-order valence-corrected chi connectivity index (χ0v) is 24.2. The molecule has 0 radical (unpaired) electrons. The quantitative estimate of drug-likeness (QED) is 0.397. The maximum absolute atomic E-state index is 13.5. The minimum atomic E-state index is -0.146. The lowest BCUT2D eigenvalue weighted by atomic mass is 9.93. The average molecular weight is 543 g/mol. The molecule has 0 atom stereocenters. The van der Waals surface area contributed by atoms with Gasteiger partial charge in [-0.1, -0.05) is 31.4 Å². The fourth-order valence-electron chi connectivity index (χ4n) is 6.37. The molecular weight excluding hydrogens is 499 g/mol. The van der Waals surface area contributed by atoms with Gasteiger partial charge in [0.05, 0.1) is 6.04 Å². The van der Waals surface area contributed by atoms with Crippen molar-refractivity contribution in [2.45, 2.75) is 57.5 Å². The van der Waals surface area contributed by atoms with Gasteiger partial charge in [-0.3, -0.25) is 20.1 Å². The molecule has 3 fully saturated rings. The number of amides is 1. The molecule has 212 valence electrons. The SMILES string of the molecule is Bc1cnc(C#N)nc1N(NC(=O)c1cccc(CN2CCN(CC3CCN(C)CC3)CC2)c1)C1CCCCC1. The van der Waals surface area contributed by atoms with Crippen LogP contribution in [0.4, 0.5) is 5.82 Å². The summed E-state index contributed by atoms with van der Waals surface area (Å²) in [6, 6.07) is 10.2. The molecule has 3 aliphatic rings. The van der Waals surface area contributed by atoms with Crippen LogP contribution in [0.2, 0.25) is 0 Å². The van der Waals surface area contributed by atoms with Gasteiger partial charge in [0.1, 0.15) is 19.7 Å². The number of nitrogens with one attached hydrogen (secondary N) is 1. The van der Waals surface area contributed by atoms with E-state index in [-0.39, 0.29) is 17.8 Å². The lowest BCUT2D eigenvalue weighted by Crippen LogP contribution is -2.52. The molecule has 1 saturated carbocycles. The van der Waals surface area contributed by atoms with Gasteiger partial charge in [0.2, 0.25) is 5.82 Å². The number of carbonyl (C=O) groups excluding carboxylic acids is 1. The van der Waals surface area contributed by atoms with Crippen molar-refractivity contribution in [2.24, 2.45) is 5.92 Å². The van der Waals surface area contributed by atoms with Crippen LogP contribution in [-0.4, -0.2) is 97.3 Å². The molecule has 0 bridgehead atoms. The van der Waals surface area contributed by atoms with Gasteiger partial charge in [-0.25, -0.2) is 9.97 Å². The fourth-order valence-corrected chi connectivity index (χ4v) is 6.37. The lowest BCUT2D eigenvalue weighted by Gasteiger charge is -2.38. The number of aromatic nitrogens is 2. The molecule has 5 rings (SSSR count). The minimum absolute atomic E-state index is 0.115. The van der Waals surface area contributed by atoms with Crippen molar-refractivity contribution in [3.63, 3.8) is 0 Å². The molecule has 0 unspecified atom stereocenters. The zero-order valence-electron chi connectivity index (χ0n) is 24.2. The highest BCUT2D eigenvalue weighted by atomic mass is 16.2. The second-order valence-corrected chi connectivity index (χ2v) is 11.9. The Morgan fingerprint density at radius 1 is 1.07 bits per heavy atom. The third kappa shape index (κ3) is 7.39. The van der Waals surface area contributed by atoms with Gasteiger partial charge in [-0.15, -0.1) is 0 Å². The van der Waals surface area contributed by atoms with Gasteiger partial charge in [0.25, 0.3) is 5.91 Å². The highest BCUT2D eigenvalue weighted by Gasteiger charge is 2.27. The van der Waals surface area contributed by atoms with E-state index >= 15 is 0 Å². The Hall–Kier alpha value is -3.00. The minimum Gasteiger partial charge on any atom is -0.306 e. The van der Waals surface area contributed by atoms with Crippen molar-refractivity contribution in [1.82, 2.24) is 30.1 Å². The van der Waals surface area contributed by atoms with Gasteiger partial charge < -0.3 is 9.80 Å². The third-order valence-electron chi connectivity index (χ3n) is 8.85. The number of hydrazine groups is 1. The monoisotopic (exact) mass is 542 g/mol. The lowest BCUT2D eigenvalue weighted by molar-refractivity contribution is 0.0938. The number of piperidine rings is 1. The van der Waals surface area contributed by atoms with Crippen LogP contribution >= 0.6 is 0 Å². The Kier molecular flexibility index (Phi) is 9.68. The summed E-state index contributed by atoms with van der Waals surface area (Å²) in [7, 11) is 4.15. The number of likely N-dealkylation sites (tertiary alicyclic amines) is 1. The Balaban J connectivity index is 1.20. The Morgan fingerprint density at radius 2 is 1.80 bits per heavy atom. The van der Waals surface area contributed by atoms with Gasteiger partial charge >= 0.3 is 0 Å². The van der Waals surface area contributed by atoms with Crippen LogP contribution in [0, 0.1) is 17.2 Å². The van der Waals surface area contributed by atoms with E-state index in [4.69, 9.17) is 0 Å². The van der Waals surface area contributed by atoms with E-state index < -0.39 is 0 Å². The van der Waals surface area contributed by atoms with Crippen molar-refractivity contribution in [3.05, 3.63) is 47.4 Å². The number of piperazine rings is 1. The summed E-state index contributed by atoms with van der Waals surface area (Å²) in [6.07, 6.45) is 9.71. The largest absolute Gasteiger partial charge is 0.306 e. The molecule has 2 aliphatic heterocycles. The topological polar surface area (TPSA) is 91.6 Å². The molecule has 1 N–H and O–H groups in total. The van der Waals surface area contributed by atoms with Gasteiger partial charge in [-0.05, 0) is 74.9 Å². The van der Waals surface area contributed by atoms with Crippen LogP contribution in [0.15, 0.2) is 30.5 Å². The molecule has 40 heavy (non-hydrogen) atoms. The van der Waals surface area contributed by atoms with Crippen molar-refractivity contribution < 1.29 is 4.79 Å². The maximum atomic E-state index is 13.5. The van der Waals surface area contributed by atoms with Gasteiger partial charge in [0.15, 0.2) is 0 Å². The Morgan fingerprint density at radius 3 is 2.52 bits per heavy atom. The summed E-state index contributed by atoms with van der Waals surface area (Å²) >= 11 is 0. The van der Waals surface area contributed by atoms with E-state index in [0.29, 0.717) is 11.4 Å². The van der Waals surface area contributed by atoms with Crippen LogP contribution in [0.3, 0.4) is 0 Å². The molecule has 1 aromatic carbocycles. The first-order valence-electron chi connectivity index (χ1n) is 15.0. The molecule has 1 aromatic heterocycles. The van der Waals surface area contributed by atoms with Gasteiger partial charge in [0, 0.05) is 51.0 Å². The Bertz CT molecular complexity index is 1180. The van der Waals surface area contributed by atoms with E-state index in [1.165, 1.54) is 38.9 Å². The van der Waals surface area contributed by atoms with Crippen molar-refractivity contribution in [3.8, 4) is 6.07 Å². The molecule has 10 heteroatoms. The maximum Gasteiger partial charge on any atom is 0.269 e. The number of nitrogens with zero attached hydrogens (tertiary/aromatic N) is 7. The van der Waals surface area contributed by atoms with Crippen LogP contribution in [0.5, 0.6) is 0 Å². The van der Waals surface area contributed by atoms with E-state index in [1.807, 2.05) is 37.1 Å². The smallest absolute Gasteiger partial charge is 0.269 e. The van der Waals surface area contributed by atoms with Crippen molar-refractivity contribution >= 4 is 25.0 Å². The van der Waals surface area contributed by atoms with Crippen molar-refractivity contribution in [1.29, 1.82) is 5.26 Å². The number of carbonyl (C=O) groups is 1. The van der Waals surface area contributed by atoms with E-state index in [9.17, 15) is 10.1 Å². The molecule has 0 spiro atoms. The van der Waals surface area contributed by atoms with Crippen LogP contribution in [-0.2, 0) is 6.54 Å². The number of nitriles is 1. The van der Waals surface area contributed by atoms with Crippen molar-refractivity contribution in [2.75, 3.05) is 57.9 Å². The van der Waals surface area contributed by atoms with E-state index in [1.54, 1.807) is 6.20 Å². The molecule has 1 amide bonds. The molecule has 1 aliphatic carbocycles. The Labute approximate surface area is 239 Å². The normalized spacial score (nSPS) is 20.2. The van der Waals surface area contributed by atoms with Crippen LogP contribution in [0.1, 0.15) is 66.7 Å². The first kappa shape index (κ1) is 28.5. The standard InChI is InChI=1S/C30H43BN8O/c1-36-12-10-23(11-13-36)21-37-14-16-38(17-15-37)22-24-6-5-7-25(18-24)30(40)35-39(26-8-3-2-4-9-26)29-27(31)20-33-28(19-32)34-29/h5-7,18,20,23,26H,2-4,8-17,21-22,31H2,1H3,(H,35,40). The fraction of sp³-hybridized carbons (Fsp3) is 0.600. The first-order chi connectivity index (χ1) is 19.5. The summed E-state index contributed by atoms with van der Waals surface area (Å²) < 4.78 is 0. The number of hydrogen-bond donors (Lipinski definition) is 1. The molecule has 9 nitrogen and oxygen atoms in total. The zero-order chi connectivity index (χ0) is 27.9. The first-order valence-corrected chi connectivity index (χ1v) is 15.0. The number of benzene rings is 1. The second-order valence-electron chi connectivity index (χ2n) is 11.9. The number of anilines is 1. The molecular formula is C30H43BN8O. The predicted octanol–water partition coefficient (Wildman–Crippen LogP) is 1.55. The summed E-state index contributed by atoms with van der Waals surface area (Å²) in [5.41, 5.74) is 5.81. The second kappa shape index (κ2) is 13.6. The molecule has 2 aromatic rings. The highest BCUT2D eigenvalue weighted by molar-refractivity contribution is 6.35. The van der Waals surface area contributed by atoms with E-state index in [0.717, 1.165) is 75.4 Å². The highest BCUT2D eigenvalue weighted by Crippen LogP contribution is 2.25. The third-order valence-corrected chi connectivity index (χ3v) is 8.85. The molecule has 3 heterocycles.